The Hall–Kier alpha value is -0.493. The van der Waals surface area contributed by atoms with E-state index in [1.165, 1.54) is 10.4 Å². The number of thiophene rings is 1. The first-order chi connectivity index (χ1) is 10.2. The summed E-state index contributed by atoms with van der Waals surface area (Å²) in [6, 6.07) is 0. The molecule has 0 radical (unpaired) electrons. The van der Waals surface area contributed by atoms with Gasteiger partial charge in [0.25, 0.3) is 0 Å². The number of aryl methyl sites for hydroxylation is 1. The minimum atomic E-state index is -1.72. The van der Waals surface area contributed by atoms with Gasteiger partial charge < -0.3 is 4.43 Å². The molecule has 0 unspecified atom stereocenters. The van der Waals surface area contributed by atoms with Crippen molar-refractivity contribution in [3.63, 3.8) is 0 Å². The van der Waals surface area contributed by atoms with E-state index in [0.717, 1.165) is 29.7 Å². The number of hydrogen-bond donors (Lipinski definition) is 0. The summed E-state index contributed by atoms with van der Waals surface area (Å²) in [6.45, 7) is 12.3. The van der Waals surface area contributed by atoms with Crippen molar-refractivity contribution in [2.75, 3.05) is 6.61 Å². The van der Waals surface area contributed by atoms with E-state index in [1.807, 2.05) is 0 Å². The van der Waals surface area contributed by atoms with E-state index < -0.39 is 8.32 Å². The highest BCUT2D eigenvalue weighted by atomic mass is 35.5. The highest BCUT2D eigenvalue weighted by molar-refractivity contribution is 7.19. The van der Waals surface area contributed by atoms with Crippen molar-refractivity contribution < 1.29 is 4.43 Å². The molecule has 3 rings (SSSR count). The van der Waals surface area contributed by atoms with Crippen LogP contribution in [0.15, 0.2) is 6.33 Å². The van der Waals surface area contributed by atoms with Crippen molar-refractivity contribution in [3.05, 3.63) is 21.9 Å². The second kappa shape index (κ2) is 5.55. The van der Waals surface area contributed by atoms with Crippen molar-refractivity contribution in [1.29, 1.82) is 0 Å². The van der Waals surface area contributed by atoms with Crippen LogP contribution in [0.4, 0.5) is 0 Å². The van der Waals surface area contributed by atoms with Crippen molar-refractivity contribution >= 4 is 41.5 Å². The van der Waals surface area contributed by atoms with Gasteiger partial charge in [0, 0.05) is 17.4 Å². The predicted molar refractivity (Wildman–Crippen MR) is 96.6 cm³/mol. The molecule has 120 valence electrons. The van der Waals surface area contributed by atoms with Gasteiger partial charge in [-0.05, 0) is 36.5 Å². The lowest BCUT2D eigenvalue weighted by Crippen LogP contribution is -2.41. The molecule has 0 saturated heterocycles. The van der Waals surface area contributed by atoms with Crippen LogP contribution < -0.4 is 0 Å². The molecule has 2 heterocycles. The van der Waals surface area contributed by atoms with Gasteiger partial charge in [0.1, 0.15) is 16.3 Å². The van der Waals surface area contributed by atoms with E-state index >= 15 is 0 Å². The zero-order valence-corrected chi connectivity index (χ0v) is 16.4. The average Bonchev–Trinajstić information content (AvgIpc) is 2.94. The predicted octanol–water partition coefficient (Wildman–Crippen LogP) is 5.40. The molecule has 0 spiro atoms. The van der Waals surface area contributed by atoms with Crippen molar-refractivity contribution in [2.24, 2.45) is 0 Å². The molecule has 22 heavy (non-hydrogen) atoms. The summed E-state index contributed by atoms with van der Waals surface area (Å²) in [5, 5.41) is 1.89. The lowest BCUT2D eigenvalue weighted by molar-refractivity contribution is 0.262. The van der Waals surface area contributed by atoms with Gasteiger partial charge in [0.15, 0.2) is 8.32 Å². The van der Waals surface area contributed by atoms with Crippen LogP contribution in [0.1, 0.15) is 43.6 Å². The lowest BCUT2D eigenvalue weighted by atomic mass is 10.0. The fourth-order valence-corrected chi connectivity index (χ4v) is 5.31. The number of halogens is 1. The van der Waals surface area contributed by atoms with Gasteiger partial charge in [0.2, 0.25) is 0 Å². The summed E-state index contributed by atoms with van der Waals surface area (Å²) in [4.78, 5) is 11.0. The van der Waals surface area contributed by atoms with E-state index in [0.29, 0.717) is 11.1 Å². The Bertz CT molecular complexity index is 708. The fraction of sp³-hybridized carbons (Fsp3) is 0.625. The first-order valence-electron chi connectivity index (χ1n) is 7.76. The van der Waals surface area contributed by atoms with E-state index in [1.54, 1.807) is 17.7 Å². The molecule has 0 fully saturated rings. The van der Waals surface area contributed by atoms with Crippen molar-refractivity contribution in [3.8, 4) is 0 Å². The molecule has 0 saturated carbocycles. The van der Waals surface area contributed by atoms with Gasteiger partial charge in [0.05, 0.1) is 5.39 Å². The first kappa shape index (κ1) is 16.4. The number of hydrogen-bond acceptors (Lipinski definition) is 4. The molecule has 1 aliphatic rings. The van der Waals surface area contributed by atoms with Gasteiger partial charge >= 0.3 is 0 Å². The zero-order chi connectivity index (χ0) is 16.1. The standard InChI is InChI=1S/C16H23ClN2OSSi/c1-16(2,3)22(4,5)20-8-10-6-7-11-12(10)13-14(17)18-9-19-15(13)21-11/h9-10H,6-8H2,1-5H3/t10-/m0/s1. The van der Waals surface area contributed by atoms with E-state index in [-0.39, 0.29) is 5.04 Å². The highest BCUT2D eigenvalue weighted by Crippen LogP contribution is 2.46. The normalized spacial score (nSPS) is 18.9. The second-order valence-electron chi connectivity index (χ2n) is 7.59. The molecule has 0 N–H and O–H groups in total. The third-order valence-corrected chi connectivity index (χ3v) is 11.1. The maximum Gasteiger partial charge on any atom is 0.192 e. The monoisotopic (exact) mass is 354 g/mol. The quantitative estimate of drug-likeness (QED) is 0.547. The van der Waals surface area contributed by atoms with Crippen LogP contribution in [0.2, 0.25) is 23.3 Å². The summed E-state index contributed by atoms with van der Waals surface area (Å²) in [6.07, 6.45) is 3.81. The number of nitrogens with zero attached hydrogens (tertiary/aromatic N) is 2. The van der Waals surface area contributed by atoms with E-state index in [2.05, 4.69) is 43.8 Å². The Morgan fingerprint density at radius 2 is 2.09 bits per heavy atom. The minimum Gasteiger partial charge on any atom is -0.416 e. The largest absolute Gasteiger partial charge is 0.416 e. The van der Waals surface area contributed by atoms with Gasteiger partial charge in [-0.1, -0.05) is 32.4 Å². The molecular weight excluding hydrogens is 332 g/mol. The van der Waals surface area contributed by atoms with Crippen molar-refractivity contribution in [1.82, 2.24) is 9.97 Å². The fourth-order valence-electron chi connectivity index (χ4n) is 2.72. The minimum absolute atomic E-state index is 0.242. The Morgan fingerprint density at radius 1 is 1.36 bits per heavy atom. The van der Waals surface area contributed by atoms with Gasteiger partial charge in [-0.2, -0.15) is 0 Å². The smallest absolute Gasteiger partial charge is 0.192 e. The van der Waals surface area contributed by atoms with Crippen LogP contribution >= 0.6 is 22.9 Å². The molecular formula is C16H23ClN2OSSi. The molecule has 0 bridgehead atoms. The average molecular weight is 355 g/mol. The molecule has 2 aromatic heterocycles. The Morgan fingerprint density at radius 3 is 2.77 bits per heavy atom. The molecule has 0 aliphatic heterocycles. The third-order valence-electron chi connectivity index (χ3n) is 5.14. The van der Waals surface area contributed by atoms with Crippen LogP contribution in [-0.4, -0.2) is 24.9 Å². The number of fused-ring (bicyclic) bond motifs is 3. The summed E-state index contributed by atoms with van der Waals surface area (Å²) < 4.78 is 6.45. The SMILES string of the molecule is CC(C)(C)[Si](C)(C)OC[C@@H]1CCc2sc3ncnc(Cl)c3c21. The molecule has 6 heteroatoms. The zero-order valence-electron chi connectivity index (χ0n) is 13.9. The highest BCUT2D eigenvalue weighted by Gasteiger charge is 2.39. The molecule has 2 aromatic rings. The van der Waals surface area contributed by atoms with Crippen LogP contribution in [0.3, 0.4) is 0 Å². The topological polar surface area (TPSA) is 35.0 Å². The first-order valence-corrected chi connectivity index (χ1v) is 11.9. The van der Waals surface area contributed by atoms with Crippen LogP contribution in [-0.2, 0) is 10.8 Å². The summed E-state index contributed by atoms with van der Waals surface area (Å²) in [5.74, 6) is 0.432. The van der Waals surface area contributed by atoms with E-state index in [9.17, 15) is 0 Å². The lowest BCUT2D eigenvalue weighted by Gasteiger charge is -2.37. The Balaban J connectivity index is 1.87. The third kappa shape index (κ3) is 2.73. The summed E-state index contributed by atoms with van der Waals surface area (Å²) >= 11 is 8.10. The van der Waals surface area contributed by atoms with Gasteiger partial charge in [-0.15, -0.1) is 11.3 Å². The van der Waals surface area contributed by atoms with Crippen LogP contribution in [0.5, 0.6) is 0 Å². The van der Waals surface area contributed by atoms with E-state index in [4.69, 9.17) is 16.0 Å². The molecule has 0 amide bonds. The summed E-state index contributed by atoms with van der Waals surface area (Å²) in [7, 11) is -1.72. The van der Waals surface area contributed by atoms with Crippen LogP contribution in [0.25, 0.3) is 10.2 Å². The number of rotatable bonds is 3. The Kier molecular flexibility index (Phi) is 4.13. The number of aromatic nitrogens is 2. The summed E-state index contributed by atoms with van der Waals surface area (Å²) in [5.41, 5.74) is 1.35. The van der Waals surface area contributed by atoms with Crippen molar-refractivity contribution in [2.45, 2.75) is 57.7 Å². The van der Waals surface area contributed by atoms with Gasteiger partial charge in [-0.3, -0.25) is 0 Å². The molecule has 1 aliphatic carbocycles. The second-order valence-corrected chi connectivity index (χ2v) is 13.8. The maximum absolute atomic E-state index is 6.45. The Labute approximate surface area is 142 Å². The molecule has 3 nitrogen and oxygen atoms in total. The van der Waals surface area contributed by atoms with Gasteiger partial charge in [-0.25, -0.2) is 9.97 Å². The maximum atomic E-state index is 6.45. The molecule has 1 atom stereocenters. The molecule has 0 aromatic carbocycles. The van der Waals surface area contributed by atoms with Crippen LogP contribution in [0, 0.1) is 0 Å².